The van der Waals surface area contributed by atoms with Crippen molar-refractivity contribution in [2.24, 2.45) is 11.8 Å². The van der Waals surface area contributed by atoms with Gasteiger partial charge in [0.2, 0.25) is 5.91 Å². The van der Waals surface area contributed by atoms with E-state index in [-0.39, 0.29) is 31.6 Å². The van der Waals surface area contributed by atoms with Crippen LogP contribution in [0.2, 0.25) is 0 Å². The van der Waals surface area contributed by atoms with E-state index in [2.05, 4.69) is 13.2 Å². The van der Waals surface area contributed by atoms with Crippen LogP contribution < -0.4 is 9.64 Å². The predicted octanol–water partition coefficient (Wildman–Crippen LogP) is 4.42. The second-order valence-electron chi connectivity index (χ2n) is 11.7. The van der Waals surface area contributed by atoms with Gasteiger partial charge in [0.1, 0.15) is 11.8 Å². The van der Waals surface area contributed by atoms with E-state index in [1.165, 1.54) is 0 Å². The van der Waals surface area contributed by atoms with Gasteiger partial charge in [-0.05, 0) is 62.4 Å². The second-order valence-corrected chi connectivity index (χ2v) is 13.6. The van der Waals surface area contributed by atoms with Crippen LogP contribution in [0, 0.1) is 11.8 Å². The third kappa shape index (κ3) is 5.38. The van der Waals surface area contributed by atoms with Crippen LogP contribution >= 0.6 is 11.8 Å². The first kappa shape index (κ1) is 30.9. The maximum atomic E-state index is 14.9. The minimum atomic E-state index is -0.897. The number of hydrogen-bond donors (Lipinski definition) is 1. The van der Waals surface area contributed by atoms with Crippen LogP contribution in [0.3, 0.4) is 0 Å². The van der Waals surface area contributed by atoms with E-state index < -0.39 is 39.4 Å². The molecule has 228 valence electrons. The lowest BCUT2D eigenvalue weighted by Gasteiger charge is -2.39. The normalized spacial score (nSPS) is 27.8. The summed E-state index contributed by atoms with van der Waals surface area (Å²) in [7, 11) is 1.58. The van der Waals surface area contributed by atoms with Crippen LogP contribution in [0.5, 0.6) is 5.75 Å². The minimum absolute atomic E-state index is 0.192. The smallest absolute Gasteiger partial charge is 0.311 e. The molecule has 43 heavy (non-hydrogen) atoms. The van der Waals surface area contributed by atoms with Crippen molar-refractivity contribution < 1.29 is 29.0 Å². The molecular weight excluding hydrogens is 564 g/mol. The molecular formula is C34H40N2O6S. The molecule has 3 fully saturated rings. The van der Waals surface area contributed by atoms with E-state index in [4.69, 9.17) is 9.47 Å². The van der Waals surface area contributed by atoms with Crippen molar-refractivity contribution in [2.75, 3.05) is 31.8 Å². The molecule has 2 unspecified atom stereocenters. The number of hydrogen-bond acceptors (Lipinski definition) is 7. The standard InChI is InChI=1S/C34H40N2O6S/c1-5-7-20-42-32(40)28-27-30(38)36(25(22-37)21-23-11-9-8-10-12-23)29(34(27)18-17-33(28,3)43-34)31(39)35(19-6-2)24-13-15-26(41-4)16-14-24/h5-6,8-16,25,27-29,37H,1-2,7,17-22H2,3-4H3/t25-,27+,28-,29?,33+,34?/m1/s1. The van der Waals surface area contributed by atoms with Crippen LogP contribution in [-0.4, -0.2) is 76.2 Å². The van der Waals surface area contributed by atoms with E-state index in [0.717, 1.165) is 5.56 Å². The molecule has 3 aliphatic heterocycles. The Hall–Kier alpha value is -3.56. The highest BCUT2D eigenvalue weighted by Gasteiger charge is 2.78. The Morgan fingerprint density at radius 1 is 1.14 bits per heavy atom. The average molecular weight is 605 g/mol. The van der Waals surface area contributed by atoms with Crippen LogP contribution in [0.25, 0.3) is 0 Å². The fraction of sp³-hybridized carbons (Fsp3) is 0.441. The number of likely N-dealkylation sites (tertiary alicyclic amines) is 1. The number of methoxy groups -OCH3 is 1. The molecule has 1 N–H and O–H groups in total. The molecule has 6 atom stereocenters. The summed E-state index contributed by atoms with van der Waals surface area (Å²) < 4.78 is 9.59. The number of thioether (sulfide) groups is 1. The molecule has 5 rings (SSSR count). The lowest BCUT2D eigenvalue weighted by Crippen LogP contribution is -2.58. The maximum Gasteiger partial charge on any atom is 0.311 e. The van der Waals surface area contributed by atoms with Gasteiger partial charge in [0.25, 0.3) is 5.91 Å². The topological polar surface area (TPSA) is 96.4 Å². The Morgan fingerprint density at radius 2 is 1.86 bits per heavy atom. The van der Waals surface area contributed by atoms with Crippen molar-refractivity contribution >= 4 is 35.2 Å². The molecule has 3 aliphatic rings. The predicted molar refractivity (Wildman–Crippen MR) is 168 cm³/mol. The van der Waals surface area contributed by atoms with Gasteiger partial charge in [0, 0.05) is 17.0 Å². The number of carbonyl (C=O) groups excluding carboxylic acids is 3. The number of aliphatic hydroxyl groups excluding tert-OH is 1. The van der Waals surface area contributed by atoms with Crippen molar-refractivity contribution in [3.8, 4) is 5.75 Å². The molecule has 8 nitrogen and oxygen atoms in total. The van der Waals surface area contributed by atoms with E-state index in [0.29, 0.717) is 37.1 Å². The molecule has 0 aliphatic carbocycles. The van der Waals surface area contributed by atoms with Gasteiger partial charge in [-0.1, -0.05) is 42.5 Å². The quantitative estimate of drug-likeness (QED) is 0.206. The molecule has 2 amide bonds. The maximum absolute atomic E-state index is 14.9. The Bertz CT molecular complexity index is 1370. The summed E-state index contributed by atoms with van der Waals surface area (Å²) in [5.41, 5.74) is 1.59. The Labute approximate surface area is 257 Å². The van der Waals surface area contributed by atoms with E-state index in [1.807, 2.05) is 49.4 Å². The number of benzene rings is 2. The fourth-order valence-corrected chi connectivity index (χ4v) is 9.55. The highest BCUT2D eigenvalue weighted by Crippen LogP contribution is 2.72. The Morgan fingerprint density at radius 3 is 2.49 bits per heavy atom. The average Bonchev–Trinajstić information content (AvgIpc) is 3.59. The lowest BCUT2D eigenvalue weighted by atomic mass is 9.66. The Kier molecular flexibility index (Phi) is 9.04. The van der Waals surface area contributed by atoms with Crippen LogP contribution in [0.4, 0.5) is 5.69 Å². The zero-order valence-corrected chi connectivity index (χ0v) is 25.6. The van der Waals surface area contributed by atoms with Crippen molar-refractivity contribution in [2.45, 2.75) is 54.2 Å². The molecule has 0 saturated carbocycles. The zero-order valence-electron chi connectivity index (χ0n) is 24.8. The van der Waals surface area contributed by atoms with Gasteiger partial charge < -0.3 is 24.4 Å². The van der Waals surface area contributed by atoms with Gasteiger partial charge in [0.15, 0.2) is 0 Å². The first-order valence-electron chi connectivity index (χ1n) is 14.8. The summed E-state index contributed by atoms with van der Waals surface area (Å²) in [6.45, 7) is 9.70. The summed E-state index contributed by atoms with van der Waals surface area (Å²) in [6.07, 6.45) is 5.50. The molecule has 9 heteroatoms. The highest BCUT2D eigenvalue weighted by molar-refractivity contribution is 8.02. The summed E-state index contributed by atoms with van der Waals surface area (Å²) >= 11 is 1.58. The van der Waals surface area contributed by atoms with Crippen LogP contribution in [0.1, 0.15) is 31.7 Å². The molecule has 2 bridgehead atoms. The third-order valence-electron chi connectivity index (χ3n) is 9.15. The van der Waals surface area contributed by atoms with Gasteiger partial charge in [-0.3, -0.25) is 14.4 Å². The Balaban J connectivity index is 1.60. The van der Waals surface area contributed by atoms with Crippen LogP contribution in [-0.2, 0) is 25.5 Å². The largest absolute Gasteiger partial charge is 0.497 e. The van der Waals surface area contributed by atoms with E-state index in [9.17, 15) is 19.5 Å². The number of rotatable bonds is 13. The number of esters is 1. The van der Waals surface area contributed by atoms with Crippen molar-refractivity contribution in [1.82, 2.24) is 4.90 Å². The first-order valence-corrected chi connectivity index (χ1v) is 15.6. The molecule has 3 heterocycles. The van der Waals surface area contributed by atoms with Gasteiger partial charge in [-0.25, -0.2) is 0 Å². The van der Waals surface area contributed by atoms with Crippen LogP contribution in [0.15, 0.2) is 79.9 Å². The third-order valence-corrected chi connectivity index (χ3v) is 11.1. The molecule has 1 spiro atoms. The van der Waals surface area contributed by atoms with Gasteiger partial charge in [-0.2, -0.15) is 0 Å². The minimum Gasteiger partial charge on any atom is -0.497 e. The SMILES string of the molecule is C=CCCOC(=O)[C@H]1[C@H]2C(=O)N([C@@H](CO)Cc3ccccc3)C(C(=O)N(CC=C)c3ccc(OC)cc3)C23CC[C@]1(C)S3. The van der Waals surface area contributed by atoms with Gasteiger partial charge >= 0.3 is 5.97 Å². The van der Waals surface area contributed by atoms with Crippen molar-refractivity contribution in [3.63, 3.8) is 0 Å². The number of nitrogens with zero attached hydrogens (tertiary/aromatic N) is 2. The number of aliphatic hydroxyl groups is 1. The highest BCUT2D eigenvalue weighted by atomic mass is 32.2. The summed E-state index contributed by atoms with van der Waals surface area (Å²) in [6, 6.07) is 15.3. The van der Waals surface area contributed by atoms with Crippen molar-refractivity contribution in [1.29, 1.82) is 0 Å². The second kappa shape index (κ2) is 12.6. The first-order chi connectivity index (χ1) is 20.7. The lowest BCUT2D eigenvalue weighted by molar-refractivity contribution is -0.156. The van der Waals surface area contributed by atoms with Gasteiger partial charge in [0.05, 0.1) is 42.9 Å². The van der Waals surface area contributed by atoms with E-state index >= 15 is 0 Å². The summed E-state index contributed by atoms with van der Waals surface area (Å²) in [4.78, 5) is 46.4. The molecule has 0 radical (unpaired) electrons. The summed E-state index contributed by atoms with van der Waals surface area (Å²) in [5, 5.41) is 10.7. The number of amides is 2. The zero-order chi connectivity index (χ0) is 30.8. The van der Waals surface area contributed by atoms with E-state index in [1.54, 1.807) is 53.0 Å². The number of carbonyl (C=O) groups is 3. The number of fused-ring (bicyclic) bond motifs is 1. The molecule has 2 aromatic rings. The number of anilines is 1. The van der Waals surface area contributed by atoms with Gasteiger partial charge in [-0.15, -0.1) is 24.9 Å². The fourth-order valence-electron chi connectivity index (χ4n) is 7.23. The number of ether oxygens (including phenoxy) is 2. The molecule has 0 aromatic heterocycles. The molecule has 3 saturated heterocycles. The van der Waals surface area contributed by atoms with Crippen molar-refractivity contribution in [3.05, 3.63) is 85.5 Å². The summed E-state index contributed by atoms with van der Waals surface area (Å²) in [5.74, 6) is -1.73. The monoisotopic (exact) mass is 604 g/mol. The molecule has 2 aromatic carbocycles.